The molecule has 1 fully saturated rings. The molecule has 1 aliphatic rings. The number of likely N-dealkylation sites (N-methyl/N-ethyl adjacent to an activating group) is 1. The van der Waals surface area contributed by atoms with Gasteiger partial charge >= 0.3 is 0 Å². The standard InChI is InChI=1S/C11H25N3O2S/c1-4-12-11(3)8-13-17(15,16)14-7-5-6-10(2)9-14/h10-13H,4-9H2,1-3H3/t10?,11-/m1/s1. The molecule has 5 nitrogen and oxygen atoms in total. The van der Waals surface area contributed by atoms with Gasteiger partial charge in [0.05, 0.1) is 0 Å². The summed E-state index contributed by atoms with van der Waals surface area (Å²) in [6.07, 6.45) is 2.09. The van der Waals surface area contributed by atoms with Crippen LogP contribution in [0.4, 0.5) is 0 Å². The average molecular weight is 263 g/mol. The molecular weight excluding hydrogens is 238 g/mol. The molecule has 0 amide bonds. The van der Waals surface area contributed by atoms with Crippen molar-refractivity contribution in [2.75, 3.05) is 26.2 Å². The molecule has 0 bridgehead atoms. The van der Waals surface area contributed by atoms with E-state index in [9.17, 15) is 8.42 Å². The van der Waals surface area contributed by atoms with E-state index in [1.807, 2.05) is 13.8 Å². The van der Waals surface area contributed by atoms with Gasteiger partial charge in [-0.2, -0.15) is 12.7 Å². The topological polar surface area (TPSA) is 61.4 Å². The van der Waals surface area contributed by atoms with Crippen LogP contribution in [0, 0.1) is 5.92 Å². The number of hydrogen-bond acceptors (Lipinski definition) is 3. The van der Waals surface area contributed by atoms with Crippen molar-refractivity contribution in [3.05, 3.63) is 0 Å². The third kappa shape index (κ3) is 4.91. The number of hydrogen-bond donors (Lipinski definition) is 2. The maximum Gasteiger partial charge on any atom is 0.279 e. The van der Waals surface area contributed by atoms with Crippen molar-refractivity contribution in [2.45, 2.75) is 39.7 Å². The first-order valence-corrected chi connectivity index (χ1v) is 7.87. The van der Waals surface area contributed by atoms with Crippen molar-refractivity contribution in [3.63, 3.8) is 0 Å². The molecule has 102 valence electrons. The van der Waals surface area contributed by atoms with Gasteiger partial charge in [0, 0.05) is 25.7 Å². The zero-order valence-corrected chi connectivity index (χ0v) is 11.9. The minimum atomic E-state index is -3.29. The molecule has 0 spiro atoms. The third-order valence-electron chi connectivity index (χ3n) is 3.08. The second-order valence-electron chi connectivity index (χ2n) is 4.92. The zero-order valence-electron chi connectivity index (χ0n) is 11.1. The fraction of sp³-hybridized carbons (Fsp3) is 1.00. The van der Waals surface area contributed by atoms with Crippen LogP contribution in [0.5, 0.6) is 0 Å². The van der Waals surface area contributed by atoms with E-state index in [2.05, 4.69) is 17.0 Å². The maximum atomic E-state index is 12.0. The van der Waals surface area contributed by atoms with Crippen LogP contribution in [0.1, 0.15) is 33.6 Å². The Morgan fingerprint density at radius 2 is 2.18 bits per heavy atom. The van der Waals surface area contributed by atoms with Gasteiger partial charge in [0.15, 0.2) is 0 Å². The molecule has 0 aromatic carbocycles. The molecule has 0 aromatic heterocycles. The second kappa shape index (κ2) is 6.68. The zero-order chi connectivity index (χ0) is 12.9. The number of nitrogens with one attached hydrogen (secondary N) is 2. The van der Waals surface area contributed by atoms with E-state index >= 15 is 0 Å². The maximum absolute atomic E-state index is 12.0. The lowest BCUT2D eigenvalue weighted by molar-refractivity contribution is 0.277. The Balaban J connectivity index is 2.44. The van der Waals surface area contributed by atoms with E-state index in [0.29, 0.717) is 25.6 Å². The van der Waals surface area contributed by atoms with Crippen LogP contribution in [0.2, 0.25) is 0 Å². The molecule has 1 saturated heterocycles. The van der Waals surface area contributed by atoms with Crippen LogP contribution in [0.25, 0.3) is 0 Å². The van der Waals surface area contributed by atoms with Gasteiger partial charge in [-0.1, -0.05) is 13.8 Å². The van der Waals surface area contributed by atoms with E-state index < -0.39 is 10.2 Å². The second-order valence-corrected chi connectivity index (χ2v) is 6.67. The van der Waals surface area contributed by atoms with Gasteiger partial charge in [-0.05, 0) is 32.2 Å². The Bertz CT molecular complexity index is 319. The van der Waals surface area contributed by atoms with E-state index in [4.69, 9.17) is 0 Å². The van der Waals surface area contributed by atoms with E-state index in [1.54, 1.807) is 4.31 Å². The van der Waals surface area contributed by atoms with Crippen LogP contribution in [-0.4, -0.2) is 44.9 Å². The van der Waals surface area contributed by atoms with Gasteiger partial charge in [-0.15, -0.1) is 0 Å². The van der Waals surface area contributed by atoms with Gasteiger partial charge in [0.1, 0.15) is 0 Å². The molecule has 2 N–H and O–H groups in total. The molecule has 0 radical (unpaired) electrons. The molecule has 1 heterocycles. The summed E-state index contributed by atoms with van der Waals surface area (Å²) in [6.45, 7) is 8.68. The predicted octanol–water partition coefficient (Wildman–Crippen LogP) is 0.551. The van der Waals surface area contributed by atoms with Crippen LogP contribution in [-0.2, 0) is 10.2 Å². The minimum Gasteiger partial charge on any atom is -0.313 e. The summed E-state index contributed by atoms with van der Waals surface area (Å²) in [6, 6.07) is 0.164. The van der Waals surface area contributed by atoms with Crippen molar-refractivity contribution >= 4 is 10.2 Å². The molecule has 6 heteroatoms. The normalized spacial score (nSPS) is 24.8. The summed E-state index contributed by atoms with van der Waals surface area (Å²) >= 11 is 0. The smallest absolute Gasteiger partial charge is 0.279 e. The highest BCUT2D eigenvalue weighted by molar-refractivity contribution is 7.87. The molecule has 17 heavy (non-hydrogen) atoms. The molecule has 1 aliphatic heterocycles. The lowest BCUT2D eigenvalue weighted by atomic mass is 10.0. The van der Waals surface area contributed by atoms with Crippen molar-refractivity contribution in [1.29, 1.82) is 0 Å². The lowest BCUT2D eigenvalue weighted by Crippen LogP contribution is -2.48. The first-order valence-electron chi connectivity index (χ1n) is 6.43. The number of nitrogens with zero attached hydrogens (tertiary/aromatic N) is 1. The van der Waals surface area contributed by atoms with Gasteiger partial charge in [0.25, 0.3) is 10.2 Å². The Morgan fingerprint density at radius 1 is 1.47 bits per heavy atom. The van der Waals surface area contributed by atoms with Crippen LogP contribution in [0.3, 0.4) is 0 Å². The highest BCUT2D eigenvalue weighted by Crippen LogP contribution is 2.17. The Hall–Kier alpha value is -0.170. The SMILES string of the molecule is CCN[C@H](C)CNS(=O)(=O)N1CCCC(C)C1. The van der Waals surface area contributed by atoms with E-state index in [0.717, 1.165) is 19.4 Å². The summed E-state index contributed by atoms with van der Waals surface area (Å²) in [4.78, 5) is 0. The van der Waals surface area contributed by atoms with Gasteiger partial charge < -0.3 is 5.32 Å². The molecule has 0 aliphatic carbocycles. The fourth-order valence-electron chi connectivity index (χ4n) is 2.11. The molecule has 0 saturated carbocycles. The lowest BCUT2D eigenvalue weighted by Gasteiger charge is -2.30. The van der Waals surface area contributed by atoms with E-state index in [-0.39, 0.29) is 6.04 Å². The Kier molecular flexibility index (Phi) is 5.85. The van der Waals surface area contributed by atoms with Crippen molar-refractivity contribution in [3.8, 4) is 0 Å². The van der Waals surface area contributed by atoms with Gasteiger partial charge in [-0.25, -0.2) is 4.72 Å². The Morgan fingerprint density at radius 3 is 2.76 bits per heavy atom. The quantitative estimate of drug-likeness (QED) is 0.736. The van der Waals surface area contributed by atoms with Gasteiger partial charge in [-0.3, -0.25) is 0 Å². The van der Waals surface area contributed by atoms with E-state index in [1.165, 1.54) is 0 Å². The summed E-state index contributed by atoms with van der Waals surface area (Å²) in [5, 5.41) is 3.18. The van der Waals surface area contributed by atoms with Crippen molar-refractivity contribution < 1.29 is 8.42 Å². The molecule has 1 rings (SSSR count). The number of rotatable bonds is 6. The highest BCUT2D eigenvalue weighted by Gasteiger charge is 2.26. The summed E-state index contributed by atoms with van der Waals surface area (Å²) in [7, 11) is -3.29. The Labute approximate surface area is 105 Å². The third-order valence-corrected chi connectivity index (χ3v) is 4.63. The largest absolute Gasteiger partial charge is 0.313 e. The van der Waals surface area contributed by atoms with Crippen molar-refractivity contribution in [2.24, 2.45) is 5.92 Å². The predicted molar refractivity (Wildman–Crippen MR) is 70.0 cm³/mol. The molecular formula is C11H25N3O2S. The molecule has 0 aromatic rings. The van der Waals surface area contributed by atoms with Crippen LogP contribution < -0.4 is 10.0 Å². The average Bonchev–Trinajstić information content (AvgIpc) is 2.27. The fourth-order valence-corrected chi connectivity index (χ4v) is 3.57. The summed E-state index contributed by atoms with van der Waals surface area (Å²) < 4.78 is 28.3. The van der Waals surface area contributed by atoms with Gasteiger partial charge in [0.2, 0.25) is 0 Å². The monoisotopic (exact) mass is 263 g/mol. The minimum absolute atomic E-state index is 0.164. The molecule has 1 unspecified atom stereocenters. The number of piperidine rings is 1. The van der Waals surface area contributed by atoms with Crippen molar-refractivity contribution in [1.82, 2.24) is 14.3 Å². The first-order chi connectivity index (χ1) is 7.95. The summed E-state index contributed by atoms with van der Waals surface area (Å²) in [5.74, 6) is 0.464. The first kappa shape index (κ1) is 14.9. The van der Waals surface area contributed by atoms with Crippen LogP contribution in [0.15, 0.2) is 0 Å². The van der Waals surface area contributed by atoms with Crippen LogP contribution >= 0.6 is 0 Å². The highest BCUT2D eigenvalue weighted by atomic mass is 32.2. The summed E-state index contributed by atoms with van der Waals surface area (Å²) in [5.41, 5.74) is 0. The molecule has 2 atom stereocenters.